The minimum absolute atomic E-state index is 0.138. The van der Waals surface area contributed by atoms with Crippen molar-refractivity contribution in [3.8, 4) is 0 Å². The van der Waals surface area contributed by atoms with E-state index in [4.69, 9.17) is 0 Å². The van der Waals surface area contributed by atoms with Crippen molar-refractivity contribution in [1.29, 1.82) is 0 Å². The van der Waals surface area contributed by atoms with Crippen LogP contribution in [0.3, 0.4) is 0 Å². The van der Waals surface area contributed by atoms with Gasteiger partial charge in [0.2, 0.25) is 5.91 Å². The van der Waals surface area contributed by atoms with Gasteiger partial charge in [0.05, 0.1) is 7.11 Å². The monoisotopic (exact) mass is 202 g/mol. The smallest absolute Gasteiger partial charge is 0.396 e. The maximum atomic E-state index is 11.2. The van der Waals surface area contributed by atoms with Gasteiger partial charge in [-0.05, 0) is 6.92 Å². The molecule has 1 N–H and O–H groups in total. The van der Waals surface area contributed by atoms with Gasteiger partial charge in [-0.1, -0.05) is 0 Å². The summed E-state index contributed by atoms with van der Waals surface area (Å²) in [7, 11) is 2.58. The molecule has 0 unspecified atom stereocenters. The molecule has 0 saturated heterocycles. The van der Waals surface area contributed by atoms with E-state index in [1.807, 2.05) is 0 Å². The normalized spacial score (nSPS) is 9.07. The van der Waals surface area contributed by atoms with Gasteiger partial charge in [-0.25, -0.2) is 4.79 Å². The molecule has 0 fully saturated rings. The molecule has 2 amide bonds. The summed E-state index contributed by atoms with van der Waals surface area (Å²) < 4.78 is 4.25. The van der Waals surface area contributed by atoms with E-state index >= 15 is 0 Å². The van der Waals surface area contributed by atoms with Crippen molar-refractivity contribution >= 4 is 17.8 Å². The molecule has 0 aromatic heterocycles. The maximum absolute atomic E-state index is 11.2. The van der Waals surface area contributed by atoms with Crippen LogP contribution in [-0.2, 0) is 19.1 Å². The van der Waals surface area contributed by atoms with E-state index in [1.54, 1.807) is 6.92 Å². The second-order valence-corrected chi connectivity index (χ2v) is 2.48. The zero-order chi connectivity index (χ0) is 11.1. The number of ether oxygens (including phenoxy) is 1. The molecule has 14 heavy (non-hydrogen) atoms. The van der Waals surface area contributed by atoms with Gasteiger partial charge in [-0.15, -0.1) is 0 Å². The summed E-state index contributed by atoms with van der Waals surface area (Å²) in [4.78, 5) is 34.1. The van der Waals surface area contributed by atoms with Crippen molar-refractivity contribution in [1.82, 2.24) is 10.2 Å². The lowest BCUT2D eigenvalue weighted by Gasteiger charge is -2.17. The highest BCUT2D eigenvalue weighted by molar-refractivity contribution is 6.32. The summed E-state index contributed by atoms with van der Waals surface area (Å²) in [5.74, 6) is -2.10. The lowest BCUT2D eigenvalue weighted by molar-refractivity contribution is -0.158. The van der Waals surface area contributed by atoms with Crippen LogP contribution in [0.4, 0.5) is 0 Å². The van der Waals surface area contributed by atoms with Crippen molar-refractivity contribution in [2.45, 2.75) is 6.92 Å². The number of rotatable bonds is 3. The summed E-state index contributed by atoms with van der Waals surface area (Å²) in [5.41, 5.74) is 0. The van der Waals surface area contributed by atoms with Gasteiger partial charge in [-0.2, -0.15) is 0 Å². The number of amides is 2. The van der Waals surface area contributed by atoms with Crippen LogP contribution in [0.1, 0.15) is 6.92 Å². The van der Waals surface area contributed by atoms with Crippen molar-refractivity contribution in [3.05, 3.63) is 0 Å². The standard InChI is InChI=1S/C8H14N2O4/c1-4-10(5-6(11)9-2)7(12)8(13)14-3/h4-5H2,1-3H3,(H,9,11). The topological polar surface area (TPSA) is 75.7 Å². The van der Waals surface area contributed by atoms with Crippen LogP contribution in [0.2, 0.25) is 0 Å². The molecule has 0 aliphatic rings. The number of hydrogen-bond acceptors (Lipinski definition) is 4. The number of nitrogens with zero attached hydrogens (tertiary/aromatic N) is 1. The molecule has 0 aliphatic heterocycles. The number of esters is 1. The Kier molecular flexibility index (Phi) is 5.28. The van der Waals surface area contributed by atoms with E-state index in [2.05, 4.69) is 10.1 Å². The maximum Gasteiger partial charge on any atom is 0.396 e. The molecule has 0 bridgehead atoms. The van der Waals surface area contributed by atoms with Gasteiger partial charge in [0, 0.05) is 13.6 Å². The average Bonchev–Trinajstić information content (AvgIpc) is 2.23. The molecule has 0 aromatic carbocycles. The number of nitrogens with one attached hydrogen (secondary N) is 1. The lowest BCUT2D eigenvalue weighted by Crippen LogP contribution is -2.43. The van der Waals surface area contributed by atoms with Crippen LogP contribution in [0.5, 0.6) is 0 Å². The largest absolute Gasteiger partial charge is 0.462 e. The third kappa shape index (κ3) is 3.42. The Morgan fingerprint density at radius 1 is 1.36 bits per heavy atom. The van der Waals surface area contributed by atoms with Gasteiger partial charge in [0.1, 0.15) is 6.54 Å². The third-order valence-electron chi connectivity index (χ3n) is 1.64. The van der Waals surface area contributed by atoms with Crippen molar-refractivity contribution in [3.63, 3.8) is 0 Å². The van der Waals surface area contributed by atoms with Gasteiger partial charge in [0.15, 0.2) is 0 Å². The average molecular weight is 202 g/mol. The van der Waals surface area contributed by atoms with E-state index in [9.17, 15) is 14.4 Å². The van der Waals surface area contributed by atoms with Crippen LogP contribution >= 0.6 is 0 Å². The molecule has 0 aliphatic carbocycles. The molecular weight excluding hydrogens is 188 g/mol. The first-order valence-electron chi connectivity index (χ1n) is 4.14. The number of carbonyl (C=O) groups excluding carboxylic acids is 3. The molecular formula is C8H14N2O4. The second-order valence-electron chi connectivity index (χ2n) is 2.48. The predicted octanol–water partition coefficient (Wildman–Crippen LogP) is -1.25. The molecule has 0 atom stereocenters. The van der Waals surface area contributed by atoms with Gasteiger partial charge in [-0.3, -0.25) is 9.59 Å². The number of carbonyl (C=O) groups is 3. The molecule has 0 radical (unpaired) electrons. The number of methoxy groups -OCH3 is 1. The fraction of sp³-hybridized carbons (Fsp3) is 0.625. The van der Waals surface area contributed by atoms with Crippen LogP contribution in [-0.4, -0.2) is 49.9 Å². The van der Waals surface area contributed by atoms with E-state index in [1.165, 1.54) is 7.05 Å². The Morgan fingerprint density at radius 3 is 2.29 bits per heavy atom. The van der Waals surface area contributed by atoms with Crippen molar-refractivity contribution < 1.29 is 19.1 Å². The Hall–Kier alpha value is -1.59. The molecule has 6 heteroatoms. The number of likely N-dealkylation sites (N-methyl/N-ethyl adjacent to an activating group) is 2. The molecule has 6 nitrogen and oxygen atoms in total. The van der Waals surface area contributed by atoms with Crippen molar-refractivity contribution in [2.24, 2.45) is 0 Å². The first-order chi connectivity index (χ1) is 6.56. The quantitative estimate of drug-likeness (QED) is 0.458. The van der Waals surface area contributed by atoms with Crippen molar-refractivity contribution in [2.75, 3.05) is 27.2 Å². The van der Waals surface area contributed by atoms with Gasteiger partial charge >= 0.3 is 11.9 Å². The lowest BCUT2D eigenvalue weighted by atomic mass is 10.4. The zero-order valence-corrected chi connectivity index (χ0v) is 8.49. The first-order valence-corrected chi connectivity index (χ1v) is 4.14. The van der Waals surface area contributed by atoms with E-state index in [0.717, 1.165) is 12.0 Å². The molecule has 0 aromatic rings. The molecule has 0 spiro atoms. The summed E-state index contributed by atoms with van der Waals surface area (Å²) in [6, 6.07) is 0. The molecule has 0 rings (SSSR count). The Balaban J connectivity index is 4.33. The molecule has 0 saturated carbocycles. The highest BCUT2D eigenvalue weighted by Crippen LogP contribution is 1.91. The Bertz CT molecular complexity index is 239. The third-order valence-corrected chi connectivity index (χ3v) is 1.64. The minimum Gasteiger partial charge on any atom is -0.462 e. The Morgan fingerprint density at radius 2 is 1.93 bits per heavy atom. The second kappa shape index (κ2) is 5.95. The van der Waals surface area contributed by atoms with Crippen LogP contribution < -0.4 is 5.32 Å². The zero-order valence-electron chi connectivity index (χ0n) is 8.49. The Labute approximate surface area is 82.2 Å². The predicted molar refractivity (Wildman–Crippen MR) is 48.3 cm³/mol. The summed E-state index contributed by atoms with van der Waals surface area (Å²) in [6.07, 6.45) is 0. The van der Waals surface area contributed by atoms with Crippen LogP contribution in [0.15, 0.2) is 0 Å². The van der Waals surface area contributed by atoms with E-state index < -0.39 is 11.9 Å². The fourth-order valence-electron chi connectivity index (χ4n) is 0.796. The minimum atomic E-state index is -0.962. The summed E-state index contributed by atoms with van der Waals surface area (Å²) >= 11 is 0. The van der Waals surface area contributed by atoms with Crippen LogP contribution in [0, 0.1) is 0 Å². The SMILES string of the molecule is CCN(CC(=O)NC)C(=O)C(=O)OC. The summed E-state index contributed by atoms with van der Waals surface area (Å²) in [5, 5.41) is 2.36. The fourth-order valence-corrected chi connectivity index (χ4v) is 0.796. The highest BCUT2D eigenvalue weighted by Gasteiger charge is 2.22. The highest BCUT2D eigenvalue weighted by atomic mass is 16.5. The van der Waals surface area contributed by atoms with Gasteiger partial charge < -0.3 is 15.0 Å². The van der Waals surface area contributed by atoms with Gasteiger partial charge in [0.25, 0.3) is 0 Å². The van der Waals surface area contributed by atoms with E-state index in [-0.39, 0.29) is 19.0 Å². The van der Waals surface area contributed by atoms with Crippen LogP contribution in [0.25, 0.3) is 0 Å². The summed E-state index contributed by atoms with van der Waals surface area (Å²) in [6.45, 7) is 1.81. The van der Waals surface area contributed by atoms with E-state index in [0.29, 0.717) is 0 Å². The molecule has 0 heterocycles. The number of hydrogen-bond donors (Lipinski definition) is 1. The molecule has 80 valence electrons. The first kappa shape index (κ1) is 12.4.